The predicted molar refractivity (Wildman–Crippen MR) is 83.2 cm³/mol. The van der Waals surface area contributed by atoms with Crippen LogP contribution in [0.1, 0.15) is 53.4 Å². The van der Waals surface area contributed by atoms with Gasteiger partial charge >= 0.3 is 7.12 Å². The molecule has 1 aromatic rings. The summed E-state index contributed by atoms with van der Waals surface area (Å²) in [6, 6.07) is 0. The Bertz CT molecular complexity index is 563. The summed E-state index contributed by atoms with van der Waals surface area (Å²) in [5.74, 6) is 2.95. The lowest BCUT2D eigenvalue weighted by Gasteiger charge is -2.32. The van der Waals surface area contributed by atoms with E-state index in [-0.39, 0.29) is 23.9 Å². The summed E-state index contributed by atoms with van der Waals surface area (Å²) < 4.78 is 14.1. The van der Waals surface area contributed by atoms with Crippen LogP contribution in [0.25, 0.3) is 0 Å². The standard InChI is InChI=1S/C16H23BN2O2/c1-6-16(9-7-8-10-16)19-12-13(11-18-19)17-20-14(2,3)15(4,5)21-17/h1,11-12H,7-10H2,2-5H3. The molecule has 2 aliphatic rings. The third-order valence-corrected chi connectivity index (χ3v) is 5.27. The molecule has 1 saturated heterocycles. The van der Waals surface area contributed by atoms with Gasteiger partial charge < -0.3 is 9.31 Å². The fraction of sp³-hybridized carbons (Fsp3) is 0.688. The second-order valence-corrected chi connectivity index (χ2v) is 7.19. The maximum Gasteiger partial charge on any atom is 0.498 e. The molecule has 21 heavy (non-hydrogen) atoms. The molecule has 0 bridgehead atoms. The van der Waals surface area contributed by atoms with Crippen molar-refractivity contribution in [2.45, 2.75) is 70.1 Å². The van der Waals surface area contributed by atoms with Crippen molar-refractivity contribution < 1.29 is 9.31 Å². The van der Waals surface area contributed by atoms with Gasteiger partial charge in [-0.25, -0.2) is 0 Å². The Balaban J connectivity index is 1.86. The molecule has 4 nitrogen and oxygen atoms in total. The topological polar surface area (TPSA) is 36.3 Å². The van der Waals surface area contributed by atoms with Gasteiger partial charge in [0.05, 0.1) is 11.2 Å². The van der Waals surface area contributed by atoms with Gasteiger partial charge in [0.2, 0.25) is 0 Å². The van der Waals surface area contributed by atoms with Gasteiger partial charge in [0, 0.05) is 17.9 Å². The Morgan fingerprint density at radius 2 is 1.76 bits per heavy atom. The SMILES string of the molecule is C#CC1(n2cc(B3OC(C)(C)C(C)(C)O3)cn2)CCCC1. The van der Waals surface area contributed by atoms with Crippen LogP contribution in [0.15, 0.2) is 12.4 Å². The number of aromatic nitrogens is 2. The van der Waals surface area contributed by atoms with Crippen molar-refractivity contribution in [3.63, 3.8) is 0 Å². The van der Waals surface area contributed by atoms with E-state index in [0.717, 1.165) is 31.1 Å². The number of nitrogens with zero attached hydrogens (tertiary/aromatic N) is 2. The van der Waals surface area contributed by atoms with E-state index in [4.69, 9.17) is 15.7 Å². The van der Waals surface area contributed by atoms with Crippen LogP contribution in [0, 0.1) is 12.3 Å². The predicted octanol–water partition coefficient (Wildman–Crippen LogP) is 2.08. The third-order valence-electron chi connectivity index (χ3n) is 5.27. The third kappa shape index (κ3) is 2.21. The van der Waals surface area contributed by atoms with E-state index < -0.39 is 0 Å². The van der Waals surface area contributed by atoms with Crippen LogP contribution in [0.3, 0.4) is 0 Å². The van der Waals surface area contributed by atoms with Gasteiger partial charge in [-0.3, -0.25) is 4.68 Å². The summed E-state index contributed by atoms with van der Waals surface area (Å²) in [6.07, 6.45) is 13.9. The summed E-state index contributed by atoms with van der Waals surface area (Å²) in [5.41, 5.74) is 0.00520. The van der Waals surface area contributed by atoms with E-state index in [2.05, 4.69) is 38.7 Å². The van der Waals surface area contributed by atoms with Gasteiger partial charge in [0.1, 0.15) is 5.54 Å². The number of hydrogen-bond acceptors (Lipinski definition) is 3. The molecule has 0 aromatic carbocycles. The molecule has 0 unspecified atom stereocenters. The van der Waals surface area contributed by atoms with Crippen LogP contribution in [0.5, 0.6) is 0 Å². The first-order valence-electron chi connectivity index (χ1n) is 7.68. The highest BCUT2D eigenvalue weighted by Crippen LogP contribution is 2.37. The lowest BCUT2D eigenvalue weighted by molar-refractivity contribution is 0.00578. The van der Waals surface area contributed by atoms with Gasteiger partial charge in [-0.2, -0.15) is 5.10 Å². The molecular formula is C16H23BN2O2. The highest BCUT2D eigenvalue weighted by Gasteiger charge is 2.52. The zero-order chi connectivity index (χ0) is 15.3. The highest BCUT2D eigenvalue weighted by atomic mass is 16.7. The molecule has 1 aliphatic carbocycles. The molecule has 2 fully saturated rings. The minimum absolute atomic E-state index is 0.262. The highest BCUT2D eigenvalue weighted by molar-refractivity contribution is 6.62. The van der Waals surface area contributed by atoms with Crippen molar-refractivity contribution >= 4 is 12.6 Å². The first kappa shape index (κ1) is 14.7. The molecule has 1 saturated carbocycles. The molecule has 1 aliphatic heterocycles. The molecule has 0 atom stereocenters. The quantitative estimate of drug-likeness (QED) is 0.617. The maximum atomic E-state index is 6.07. The lowest BCUT2D eigenvalue weighted by atomic mass is 9.82. The van der Waals surface area contributed by atoms with Gasteiger partial charge in [-0.05, 0) is 53.4 Å². The molecule has 0 radical (unpaired) electrons. The van der Waals surface area contributed by atoms with Crippen molar-refractivity contribution in [2.24, 2.45) is 0 Å². The fourth-order valence-corrected chi connectivity index (χ4v) is 3.07. The second-order valence-electron chi connectivity index (χ2n) is 7.19. The zero-order valence-electron chi connectivity index (χ0n) is 13.3. The molecule has 0 spiro atoms. The van der Waals surface area contributed by atoms with Crippen LogP contribution in [0.2, 0.25) is 0 Å². The average molecular weight is 286 g/mol. The molecule has 112 valence electrons. The van der Waals surface area contributed by atoms with Gasteiger partial charge in [0.15, 0.2) is 0 Å². The molecular weight excluding hydrogens is 263 g/mol. The first-order chi connectivity index (χ1) is 9.80. The average Bonchev–Trinajstić information content (AvgIpc) is 3.10. The smallest absolute Gasteiger partial charge is 0.399 e. The van der Waals surface area contributed by atoms with Crippen LogP contribution >= 0.6 is 0 Å². The minimum Gasteiger partial charge on any atom is -0.399 e. The van der Waals surface area contributed by atoms with Gasteiger partial charge in [0.25, 0.3) is 0 Å². The molecule has 1 aromatic heterocycles. The van der Waals surface area contributed by atoms with Crippen molar-refractivity contribution in [3.05, 3.63) is 12.4 Å². The first-order valence-corrected chi connectivity index (χ1v) is 7.68. The number of rotatable bonds is 2. The largest absolute Gasteiger partial charge is 0.498 e. The Labute approximate surface area is 127 Å². The van der Waals surface area contributed by atoms with Gasteiger partial charge in [-0.15, -0.1) is 6.42 Å². The Morgan fingerprint density at radius 3 is 2.29 bits per heavy atom. The van der Waals surface area contributed by atoms with E-state index in [1.165, 1.54) is 0 Å². The summed E-state index contributed by atoms with van der Waals surface area (Å²) in [5, 5.41) is 4.50. The van der Waals surface area contributed by atoms with Crippen molar-refractivity contribution in [2.75, 3.05) is 0 Å². The van der Waals surface area contributed by atoms with E-state index in [0.29, 0.717) is 0 Å². The summed E-state index contributed by atoms with van der Waals surface area (Å²) in [4.78, 5) is 0. The number of hydrogen-bond donors (Lipinski definition) is 0. The number of terminal acetylenes is 1. The Kier molecular flexibility index (Phi) is 3.23. The van der Waals surface area contributed by atoms with Crippen LogP contribution in [0.4, 0.5) is 0 Å². The molecule has 3 rings (SSSR count). The van der Waals surface area contributed by atoms with E-state index in [9.17, 15) is 0 Å². The lowest BCUT2D eigenvalue weighted by Crippen LogP contribution is -2.41. The van der Waals surface area contributed by atoms with Crippen molar-refractivity contribution in [3.8, 4) is 12.3 Å². The van der Waals surface area contributed by atoms with E-state index in [1.807, 2.05) is 17.1 Å². The van der Waals surface area contributed by atoms with Crippen LogP contribution in [-0.4, -0.2) is 28.1 Å². The normalized spacial score (nSPS) is 26.0. The van der Waals surface area contributed by atoms with Gasteiger partial charge in [-0.1, -0.05) is 5.92 Å². The fourth-order valence-electron chi connectivity index (χ4n) is 3.07. The summed E-state index contributed by atoms with van der Waals surface area (Å²) in [7, 11) is -0.375. The Hall–Kier alpha value is -1.25. The second kappa shape index (κ2) is 4.62. The summed E-state index contributed by atoms with van der Waals surface area (Å²) >= 11 is 0. The van der Waals surface area contributed by atoms with Crippen molar-refractivity contribution in [1.29, 1.82) is 0 Å². The van der Waals surface area contributed by atoms with E-state index >= 15 is 0 Å². The van der Waals surface area contributed by atoms with Crippen LogP contribution < -0.4 is 5.46 Å². The van der Waals surface area contributed by atoms with Crippen LogP contribution in [-0.2, 0) is 14.8 Å². The minimum atomic E-state index is -0.375. The van der Waals surface area contributed by atoms with E-state index in [1.54, 1.807) is 0 Å². The maximum absolute atomic E-state index is 6.07. The molecule has 0 amide bonds. The molecule has 2 heterocycles. The Morgan fingerprint density at radius 1 is 1.19 bits per heavy atom. The monoisotopic (exact) mass is 286 g/mol. The van der Waals surface area contributed by atoms with Crippen molar-refractivity contribution in [1.82, 2.24) is 9.78 Å². The molecule has 0 N–H and O–H groups in total. The summed E-state index contributed by atoms with van der Waals surface area (Å²) in [6.45, 7) is 8.21. The molecule has 5 heteroatoms. The zero-order valence-corrected chi connectivity index (χ0v) is 13.3.